The minimum Gasteiger partial charge on any atom is -0.394 e. The SMILES string of the molecule is CCCCC/C=C\C/C=C\CCCCCCCCCCCC(=O)NC(COC1OC(CO)C(OC2OC(CO)C(OC3OC(CO)C(O)C(O)C3O)C(O)C2O)C(O)C1O)C(O)CCCCCCCCCCCCCCCCCC. The third-order valence-electron chi connectivity index (χ3n) is 16.0. The van der Waals surface area contributed by atoms with Crippen LogP contribution in [0.3, 0.4) is 0 Å². The van der Waals surface area contributed by atoms with E-state index in [-0.39, 0.29) is 18.9 Å². The molecule has 12 N–H and O–H groups in total. The van der Waals surface area contributed by atoms with Crippen LogP contribution in [-0.2, 0) is 33.2 Å². The van der Waals surface area contributed by atoms with Gasteiger partial charge in [-0.25, -0.2) is 0 Å². The molecular weight excluding hydrogens is 1030 g/mol. The number of aliphatic hydroxyl groups is 11. The molecule has 19 heteroatoms. The van der Waals surface area contributed by atoms with Gasteiger partial charge in [-0.1, -0.05) is 199 Å². The van der Waals surface area contributed by atoms with Gasteiger partial charge in [0.2, 0.25) is 5.91 Å². The molecule has 17 atom stereocenters. The molecule has 3 fully saturated rings. The summed E-state index contributed by atoms with van der Waals surface area (Å²) in [5.41, 5.74) is 0. The van der Waals surface area contributed by atoms with E-state index in [1.54, 1.807) is 0 Å². The van der Waals surface area contributed by atoms with Crippen molar-refractivity contribution in [3.05, 3.63) is 24.3 Å². The number of hydrogen-bond donors (Lipinski definition) is 12. The number of unbranched alkanes of at least 4 members (excludes halogenated alkanes) is 27. The largest absolute Gasteiger partial charge is 0.394 e. The van der Waals surface area contributed by atoms with E-state index >= 15 is 0 Å². The molecule has 0 aliphatic carbocycles. The van der Waals surface area contributed by atoms with Gasteiger partial charge in [0, 0.05) is 6.42 Å². The van der Waals surface area contributed by atoms with E-state index in [2.05, 4.69) is 43.5 Å². The summed E-state index contributed by atoms with van der Waals surface area (Å²) in [6.07, 6.45) is 19.6. The van der Waals surface area contributed by atoms with Crippen LogP contribution in [0.4, 0.5) is 0 Å². The van der Waals surface area contributed by atoms with E-state index in [0.29, 0.717) is 12.8 Å². The predicted octanol–water partition coefficient (Wildman–Crippen LogP) is 6.32. The Morgan fingerprint density at radius 3 is 1.30 bits per heavy atom. The second-order valence-corrected chi connectivity index (χ2v) is 22.9. The fourth-order valence-electron chi connectivity index (χ4n) is 10.8. The Bertz CT molecular complexity index is 1560. The van der Waals surface area contributed by atoms with Crippen molar-refractivity contribution in [1.29, 1.82) is 0 Å². The molecule has 1 amide bonds. The molecule has 3 rings (SSSR count). The van der Waals surface area contributed by atoms with Gasteiger partial charge >= 0.3 is 0 Å². The molecule has 3 aliphatic rings. The number of nitrogens with one attached hydrogen (secondary N) is 1. The Morgan fingerprint density at radius 1 is 0.450 bits per heavy atom. The second kappa shape index (κ2) is 44.7. The average Bonchev–Trinajstić information content (AvgIpc) is 3.50. The Kier molecular flexibility index (Phi) is 40.5. The van der Waals surface area contributed by atoms with E-state index < -0.39 is 124 Å². The molecule has 470 valence electrons. The molecule has 19 nitrogen and oxygen atoms in total. The lowest BCUT2D eigenvalue weighted by Crippen LogP contribution is -2.66. The summed E-state index contributed by atoms with van der Waals surface area (Å²) in [5, 5.41) is 120. The van der Waals surface area contributed by atoms with Crippen molar-refractivity contribution in [2.75, 3.05) is 26.4 Å². The van der Waals surface area contributed by atoms with Crippen molar-refractivity contribution in [1.82, 2.24) is 5.32 Å². The number of rotatable bonds is 47. The summed E-state index contributed by atoms with van der Waals surface area (Å²) in [5.74, 6) is -0.247. The van der Waals surface area contributed by atoms with Gasteiger partial charge in [0.05, 0.1) is 38.6 Å². The first-order valence-electron chi connectivity index (χ1n) is 31.6. The Balaban J connectivity index is 1.48. The number of aliphatic hydroxyl groups excluding tert-OH is 11. The van der Waals surface area contributed by atoms with Gasteiger partial charge in [0.1, 0.15) is 73.2 Å². The first-order valence-corrected chi connectivity index (χ1v) is 31.6. The molecule has 0 radical (unpaired) electrons. The minimum absolute atomic E-state index is 0.247. The summed E-state index contributed by atoms with van der Waals surface area (Å²) in [4.78, 5) is 13.4. The number of carbonyl (C=O) groups is 1. The maximum Gasteiger partial charge on any atom is 0.220 e. The fourth-order valence-corrected chi connectivity index (χ4v) is 10.8. The number of amides is 1. The molecule has 3 aliphatic heterocycles. The lowest BCUT2D eigenvalue weighted by molar-refractivity contribution is -0.379. The van der Waals surface area contributed by atoms with Gasteiger partial charge in [0.25, 0.3) is 0 Å². The fraction of sp³-hybridized carbons (Fsp3) is 0.918. The molecule has 17 unspecified atom stereocenters. The van der Waals surface area contributed by atoms with Crippen LogP contribution < -0.4 is 5.32 Å². The molecule has 0 spiro atoms. The smallest absolute Gasteiger partial charge is 0.220 e. The second-order valence-electron chi connectivity index (χ2n) is 22.9. The van der Waals surface area contributed by atoms with E-state index in [1.807, 2.05) is 0 Å². The molecule has 3 saturated heterocycles. The quantitative estimate of drug-likeness (QED) is 0.0234. The average molecular weight is 1150 g/mol. The van der Waals surface area contributed by atoms with Crippen molar-refractivity contribution >= 4 is 5.91 Å². The van der Waals surface area contributed by atoms with Gasteiger partial charge in [-0.3, -0.25) is 4.79 Å². The first-order chi connectivity index (χ1) is 38.8. The molecule has 3 heterocycles. The zero-order valence-corrected chi connectivity index (χ0v) is 49.1. The number of ether oxygens (including phenoxy) is 6. The van der Waals surface area contributed by atoms with Crippen molar-refractivity contribution in [3.63, 3.8) is 0 Å². The van der Waals surface area contributed by atoms with Gasteiger partial charge in [-0.2, -0.15) is 0 Å². The molecule has 0 aromatic heterocycles. The summed E-state index contributed by atoms with van der Waals surface area (Å²) >= 11 is 0. The molecule has 0 aromatic rings. The Morgan fingerprint density at radius 2 is 0.825 bits per heavy atom. The van der Waals surface area contributed by atoms with E-state index in [9.17, 15) is 61.0 Å². The van der Waals surface area contributed by atoms with E-state index in [4.69, 9.17) is 28.4 Å². The molecule has 0 saturated carbocycles. The lowest BCUT2D eigenvalue weighted by atomic mass is 9.96. The van der Waals surface area contributed by atoms with Crippen LogP contribution in [0, 0.1) is 0 Å². The number of carbonyl (C=O) groups excluding carboxylic acids is 1. The third-order valence-corrected chi connectivity index (χ3v) is 16.0. The van der Waals surface area contributed by atoms with Gasteiger partial charge < -0.3 is 89.9 Å². The highest BCUT2D eigenvalue weighted by Gasteiger charge is 2.53. The van der Waals surface area contributed by atoms with Crippen LogP contribution in [0.5, 0.6) is 0 Å². The first kappa shape index (κ1) is 72.5. The maximum atomic E-state index is 13.4. The van der Waals surface area contributed by atoms with Gasteiger partial charge in [0.15, 0.2) is 18.9 Å². The summed E-state index contributed by atoms with van der Waals surface area (Å²) < 4.78 is 34.3. The van der Waals surface area contributed by atoms with E-state index in [1.165, 1.54) is 135 Å². The maximum absolute atomic E-state index is 13.4. The van der Waals surface area contributed by atoms with Crippen LogP contribution in [0.2, 0.25) is 0 Å². The van der Waals surface area contributed by atoms with Crippen LogP contribution in [0.25, 0.3) is 0 Å². The highest BCUT2D eigenvalue weighted by atomic mass is 16.8. The highest BCUT2D eigenvalue weighted by Crippen LogP contribution is 2.33. The number of allylic oxidation sites excluding steroid dienone is 4. The topological polar surface area (TPSA) is 307 Å². The minimum atomic E-state index is -1.97. The van der Waals surface area contributed by atoms with Gasteiger partial charge in [-0.05, 0) is 44.9 Å². The Labute approximate surface area is 479 Å². The summed E-state index contributed by atoms with van der Waals surface area (Å²) in [6, 6.07) is -0.887. The van der Waals surface area contributed by atoms with Crippen molar-refractivity contribution in [3.8, 4) is 0 Å². The van der Waals surface area contributed by atoms with Crippen LogP contribution in [-0.4, -0.2) is 193 Å². The monoisotopic (exact) mass is 1150 g/mol. The lowest BCUT2D eigenvalue weighted by Gasteiger charge is -2.48. The summed E-state index contributed by atoms with van der Waals surface area (Å²) in [7, 11) is 0. The zero-order valence-electron chi connectivity index (χ0n) is 49.1. The van der Waals surface area contributed by atoms with Crippen molar-refractivity contribution in [2.45, 2.75) is 330 Å². The predicted molar refractivity (Wildman–Crippen MR) is 305 cm³/mol. The molecule has 0 aromatic carbocycles. The zero-order chi connectivity index (χ0) is 58.3. The van der Waals surface area contributed by atoms with Crippen molar-refractivity contribution in [2.24, 2.45) is 0 Å². The van der Waals surface area contributed by atoms with E-state index in [0.717, 1.165) is 57.8 Å². The summed E-state index contributed by atoms with van der Waals surface area (Å²) in [6.45, 7) is 1.77. The van der Waals surface area contributed by atoms with Crippen molar-refractivity contribution < 1.29 is 89.4 Å². The molecular formula is C61H113NO18. The highest BCUT2D eigenvalue weighted by molar-refractivity contribution is 5.76. The normalized spacial score (nSPS) is 30.1. The standard InChI is InChI=1S/C61H113NO18/c1-3-5-7-9-11-13-15-17-19-21-22-23-25-27-29-31-33-35-37-39-49(67)62-44(45(66)38-36-34-32-30-28-26-24-20-18-16-14-12-10-8-6-4-2)43-75-59-55(73)52(70)57(47(41-64)77-59)80-61-56(74)53(71)58(48(42-65)78-61)79-60-54(72)51(69)50(68)46(40-63)76-60/h11,13,17,19,44-48,50-61,63-66,68-74H,3-10,12,14-16,18,20-43H2,1-2H3,(H,62,67)/b13-11-,19-17-. The molecule has 80 heavy (non-hydrogen) atoms. The van der Waals surface area contributed by atoms with Gasteiger partial charge in [-0.15, -0.1) is 0 Å². The Hall–Kier alpha value is -1.73. The third kappa shape index (κ3) is 28.0. The molecule has 0 bridgehead atoms. The van der Waals surface area contributed by atoms with Crippen LogP contribution in [0.1, 0.15) is 226 Å². The number of hydrogen-bond acceptors (Lipinski definition) is 18. The van der Waals surface area contributed by atoms with Crippen LogP contribution >= 0.6 is 0 Å². The van der Waals surface area contributed by atoms with Crippen LogP contribution in [0.15, 0.2) is 24.3 Å².